The Morgan fingerprint density at radius 3 is 1.75 bits per heavy atom. The van der Waals surface area contributed by atoms with Crippen molar-refractivity contribution in [3.63, 3.8) is 0 Å². The van der Waals surface area contributed by atoms with Crippen molar-refractivity contribution < 1.29 is 4.39 Å². The highest BCUT2D eigenvalue weighted by Gasteiger charge is 1.39. The van der Waals surface area contributed by atoms with Crippen molar-refractivity contribution in [3.05, 3.63) is 0 Å². The topological polar surface area (TPSA) is 0 Å². The van der Waals surface area contributed by atoms with Crippen LogP contribution in [0.25, 0.3) is 0 Å². The lowest BCUT2D eigenvalue weighted by Gasteiger charge is -1.45. The van der Waals surface area contributed by atoms with Crippen LogP contribution < -0.4 is 0 Å². The van der Waals surface area contributed by atoms with Gasteiger partial charge in [0.1, 0.15) is 0 Å². The summed E-state index contributed by atoms with van der Waals surface area (Å²) in [6.45, 7) is 1.21. The Bertz CT molecular complexity index is 6.00. The standard InChI is InChI=1S/C2H5F.H2S/c1-2-3;/h2H2,1H3;1H2. The molecule has 0 N–H and O–H groups in total. The molecule has 0 atom stereocenters. The van der Waals surface area contributed by atoms with Crippen LogP contribution in [0.1, 0.15) is 6.92 Å². The predicted molar refractivity (Wildman–Crippen MR) is 22.0 cm³/mol. The molecule has 0 radical (unpaired) electrons. The average molecular weight is 82.1 g/mol. The van der Waals surface area contributed by atoms with Crippen molar-refractivity contribution in [1.29, 1.82) is 0 Å². The Balaban J connectivity index is 0. The smallest absolute Gasteiger partial charge is 0.0866 e. The van der Waals surface area contributed by atoms with Gasteiger partial charge >= 0.3 is 0 Å². The van der Waals surface area contributed by atoms with E-state index in [0.717, 1.165) is 0 Å². The molecule has 0 heterocycles. The number of rotatable bonds is 0. The SMILES string of the molecule is CCF.S. The highest BCUT2D eigenvalue weighted by Crippen LogP contribution is 1.48. The Kier molecular flexibility index (Phi) is 23.0. The second-order valence-electron chi connectivity index (χ2n) is 0.267. The van der Waals surface area contributed by atoms with Crippen LogP contribution in [-0.4, -0.2) is 6.67 Å². The van der Waals surface area contributed by atoms with Crippen LogP contribution in [0.2, 0.25) is 0 Å². The third-order valence-corrected chi connectivity index (χ3v) is 0. The number of halogens is 1. The Morgan fingerprint density at radius 2 is 1.75 bits per heavy atom. The molecular weight excluding hydrogens is 75.1 g/mol. The van der Waals surface area contributed by atoms with Gasteiger partial charge in [0.05, 0.1) is 6.67 Å². The van der Waals surface area contributed by atoms with Crippen molar-refractivity contribution in [2.75, 3.05) is 6.67 Å². The zero-order valence-electron chi connectivity index (χ0n) is 2.59. The molecule has 4 heavy (non-hydrogen) atoms. The molecule has 2 heteroatoms. The monoisotopic (exact) mass is 82.0 g/mol. The minimum absolute atomic E-state index is 0. The second kappa shape index (κ2) is 10.4. The number of hydrogen-bond donors (Lipinski definition) is 0. The van der Waals surface area contributed by atoms with Crippen molar-refractivity contribution in [3.8, 4) is 0 Å². The molecule has 0 aliphatic rings. The maximum absolute atomic E-state index is 10.3. The molecule has 0 saturated heterocycles. The third-order valence-electron chi connectivity index (χ3n) is 0. The molecule has 0 saturated carbocycles. The second-order valence-corrected chi connectivity index (χ2v) is 0.267. The molecule has 0 aromatic carbocycles. The van der Waals surface area contributed by atoms with E-state index < -0.39 is 0 Å². The predicted octanol–water partition coefficient (Wildman–Crippen LogP) is 1.09. The van der Waals surface area contributed by atoms with Gasteiger partial charge in [0.2, 0.25) is 0 Å². The summed E-state index contributed by atoms with van der Waals surface area (Å²) in [7, 11) is 0. The molecule has 0 aliphatic carbocycles. The summed E-state index contributed by atoms with van der Waals surface area (Å²) >= 11 is 0. The van der Waals surface area contributed by atoms with Gasteiger partial charge in [-0.1, -0.05) is 0 Å². The van der Waals surface area contributed by atoms with Gasteiger partial charge in [-0.2, -0.15) is 13.5 Å². The summed E-state index contributed by atoms with van der Waals surface area (Å²) in [6, 6.07) is 0. The fourth-order valence-corrected chi connectivity index (χ4v) is 0. The van der Waals surface area contributed by atoms with Crippen molar-refractivity contribution >= 4 is 13.5 Å². The van der Waals surface area contributed by atoms with Crippen LogP contribution in [0.15, 0.2) is 0 Å². The van der Waals surface area contributed by atoms with Crippen LogP contribution >= 0.6 is 13.5 Å². The first-order valence-electron chi connectivity index (χ1n) is 0.974. The van der Waals surface area contributed by atoms with Crippen LogP contribution in [0.3, 0.4) is 0 Å². The highest BCUT2D eigenvalue weighted by molar-refractivity contribution is 7.59. The lowest BCUT2D eigenvalue weighted by Crippen LogP contribution is -1.40. The van der Waals surface area contributed by atoms with E-state index in [2.05, 4.69) is 0 Å². The van der Waals surface area contributed by atoms with Gasteiger partial charge in [-0.3, -0.25) is 4.39 Å². The zero-order chi connectivity index (χ0) is 2.71. The molecule has 0 aliphatic heterocycles. The Morgan fingerprint density at radius 1 is 1.75 bits per heavy atom. The first kappa shape index (κ1) is 8.86. The quantitative estimate of drug-likeness (QED) is 0.410. The Hall–Kier alpha value is 0.280. The fourth-order valence-electron chi connectivity index (χ4n) is 0. The third kappa shape index (κ3) is 47.6. The van der Waals surface area contributed by atoms with E-state index in [1.807, 2.05) is 0 Å². The maximum Gasteiger partial charge on any atom is 0.0866 e. The van der Waals surface area contributed by atoms with E-state index in [0.29, 0.717) is 0 Å². The van der Waals surface area contributed by atoms with E-state index in [1.165, 1.54) is 6.92 Å². The summed E-state index contributed by atoms with van der Waals surface area (Å²) in [5.74, 6) is 0. The zero-order valence-corrected chi connectivity index (χ0v) is 3.59. The van der Waals surface area contributed by atoms with Crippen LogP contribution in [0, 0.1) is 0 Å². The highest BCUT2D eigenvalue weighted by atomic mass is 32.1. The number of hydrogen-bond acceptors (Lipinski definition) is 0. The number of alkyl halides is 1. The molecule has 0 nitrogen and oxygen atoms in total. The summed E-state index contributed by atoms with van der Waals surface area (Å²) in [5, 5.41) is 0. The fraction of sp³-hybridized carbons (Fsp3) is 1.00. The molecule has 0 unspecified atom stereocenters. The molecule has 0 rings (SSSR count). The first-order chi connectivity index (χ1) is 1.41. The van der Waals surface area contributed by atoms with Crippen molar-refractivity contribution in [2.45, 2.75) is 6.92 Å². The largest absolute Gasteiger partial charge is 0.251 e. The first-order valence-corrected chi connectivity index (χ1v) is 0.974. The summed E-state index contributed by atoms with van der Waals surface area (Å²) in [4.78, 5) is 0. The molecule has 0 spiro atoms. The van der Waals surface area contributed by atoms with Crippen LogP contribution in [0.5, 0.6) is 0 Å². The maximum atomic E-state index is 10.3. The average Bonchev–Trinajstić information content (AvgIpc) is 0.918. The van der Waals surface area contributed by atoms with Gasteiger partial charge in [0.25, 0.3) is 0 Å². The Labute approximate surface area is 32.5 Å². The summed E-state index contributed by atoms with van der Waals surface area (Å²) in [5.41, 5.74) is 0. The summed E-state index contributed by atoms with van der Waals surface area (Å²) in [6.07, 6.45) is 0. The van der Waals surface area contributed by atoms with E-state index in [4.69, 9.17) is 0 Å². The van der Waals surface area contributed by atoms with Gasteiger partial charge < -0.3 is 0 Å². The van der Waals surface area contributed by atoms with E-state index in [-0.39, 0.29) is 20.2 Å². The van der Waals surface area contributed by atoms with E-state index >= 15 is 0 Å². The molecule has 0 fully saturated rings. The lowest BCUT2D eigenvalue weighted by atomic mass is 10.9. The van der Waals surface area contributed by atoms with Gasteiger partial charge in [-0.25, -0.2) is 0 Å². The van der Waals surface area contributed by atoms with Crippen LogP contribution in [0.4, 0.5) is 4.39 Å². The minimum atomic E-state index is -0.250. The van der Waals surface area contributed by atoms with Gasteiger partial charge in [-0.05, 0) is 6.92 Å². The lowest BCUT2D eigenvalue weighted by molar-refractivity contribution is 0.527. The minimum Gasteiger partial charge on any atom is -0.251 e. The van der Waals surface area contributed by atoms with E-state index in [9.17, 15) is 4.39 Å². The molecule has 28 valence electrons. The van der Waals surface area contributed by atoms with Gasteiger partial charge in [0, 0.05) is 0 Å². The van der Waals surface area contributed by atoms with Crippen molar-refractivity contribution in [1.82, 2.24) is 0 Å². The van der Waals surface area contributed by atoms with Crippen molar-refractivity contribution in [2.24, 2.45) is 0 Å². The normalized spacial score (nSPS) is 4.50. The summed E-state index contributed by atoms with van der Waals surface area (Å²) < 4.78 is 10.3. The molecular formula is C2H7FS. The van der Waals surface area contributed by atoms with Gasteiger partial charge in [0.15, 0.2) is 0 Å². The molecule has 0 aromatic rings. The van der Waals surface area contributed by atoms with Crippen LogP contribution in [-0.2, 0) is 0 Å². The van der Waals surface area contributed by atoms with E-state index in [1.54, 1.807) is 0 Å². The molecule has 0 bridgehead atoms. The molecule has 0 amide bonds. The van der Waals surface area contributed by atoms with Gasteiger partial charge in [-0.15, -0.1) is 0 Å². The molecule has 0 aromatic heterocycles.